The number of nitrogens with two attached hydrogens (primary N) is 1. The van der Waals surface area contributed by atoms with Gasteiger partial charge in [0.15, 0.2) is 0 Å². The zero-order chi connectivity index (χ0) is 29.8. The second-order valence-corrected chi connectivity index (χ2v) is 12.1. The zero-order valence-corrected chi connectivity index (χ0v) is 23.3. The number of aromatic amines is 1. The number of carboxylic acid groups (broad SMARTS) is 1. The average Bonchev–Trinajstić information content (AvgIpc) is 3.31. The Hall–Kier alpha value is -3.42. The minimum atomic E-state index is -5.08. The molecule has 0 aliphatic carbocycles. The van der Waals surface area contributed by atoms with Crippen molar-refractivity contribution < 1.29 is 36.3 Å². The molecule has 2 heterocycles. The number of sulfonamides is 1. The predicted octanol–water partition coefficient (Wildman–Crippen LogP) is 4.16. The van der Waals surface area contributed by atoms with Crippen molar-refractivity contribution in [3.63, 3.8) is 0 Å². The maximum atomic E-state index is 12.3. The monoisotopic (exact) mass is 582 g/mol. The molecule has 9 nitrogen and oxygen atoms in total. The molecule has 40 heavy (non-hydrogen) atoms. The van der Waals surface area contributed by atoms with Crippen LogP contribution >= 0.6 is 0 Å². The molecule has 13 heteroatoms. The van der Waals surface area contributed by atoms with Crippen LogP contribution in [0.4, 0.5) is 13.2 Å². The van der Waals surface area contributed by atoms with Gasteiger partial charge < -0.3 is 20.7 Å². The van der Waals surface area contributed by atoms with Crippen molar-refractivity contribution in [1.29, 1.82) is 0 Å². The smallest absolute Gasteiger partial charge is 0.475 e. The molecule has 1 amide bonds. The zero-order valence-electron chi connectivity index (χ0n) is 22.5. The van der Waals surface area contributed by atoms with Crippen molar-refractivity contribution >= 4 is 32.8 Å². The normalized spacial score (nSPS) is 15.2. The fourth-order valence-electron chi connectivity index (χ4n) is 4.79. The summed E-state index contributed by atoms with van der Waals surface area (Å²) in [4.78, 5) is 26.6. The van der Waals surface area contributed by atoms with Crippen LogP contribution in [-0.4, -0.2) is 78.7 Å². The summed E-state index contributed by atoms with van der Waals surface area (Å²) in [6.07, 6.45) is -1.63. The summed E-state index contributed by atoms with van der Waals surface area (Å²) in [5.41, 5.74) is 11.3. The van der Waals surface area contributed by atoms with Crippen LogP contribution in [-0.2, 0) is 21.4 Å². The molecule has 4 rings (SSSR count). The molecule has 0 saturated carbocycles. The highest BCUT2D eigenvalue weighted by Gasteiger charge is 2.38. The van der Waals surface area contributed by atoms with Crippen LogP contribution in [0.1, 0.15) is 47.2 Å². The van der Waals surface area contributed by atoms with Crippen LogP contribution in [0.25, 0.3) is 22.0 Å². The Morgan fingerprint density at radius 1 is 1.12 bits per heavy atom. The number of halogens is 3. The molecule has 0 unspecified atom stereocenters. The van der Waals surface area contributed by atoms with Gasteiger partial charge >= 0.3 is 12.1 Å². The highest BCUT2D eigenvalue weighted by molar-refractivity contribution is 7.89. The van der Waals surface area contributed by atoms with Crippen molar-refractivity contribution in [2.75, 3.05) is 32.9 Å². The van der Waals surface area contributed by atoms with E-state index < -0.39 is 28.1 Å². The number of fused-ring (bicyclic) bond motifs is 1. The number of hydrogen-bond acceptors (Lipinski definition) is 5. The third-order valence-corrected chi connectivity index (χ3v) is 8.62. The second-order valence-electron chi connectivity index (χ2n) is 9.87. The number of carboxylic acids is 1. The van der Waals surface area contributed by atoms with Gasteiger partial charge in [0.1, 0.15) is 0 Å². The predicted molar refractivity (Wildman–Crippen MR) is 146 cm³/mol. The number of carbonyl (C=O) groups excluding carboxylic acids is 1. The van der Waals surface area contributed by atoms with Gasteiger partial charge in [-0.15, -0.1) is 0 Å². The molecule has 218 valence electrons. The van der Waals surface area contributed by atoms with E-state index >= 15 is 0 Å². The van der Waals surface area contributed by atoms with Crippen molar-refractivity contribution in [2.24, 2.45) is 5.73 Å². The molecule has 1 aliphatic rings. The van der Waals surface area contributed by atoms with Crippen LogP contribution < -0.4 is 5.73 Å². The molecule has 3 aromatic rings. The number of nitrogens with zero attached hydrogens (tertiary/aromatic N) is 2. The molecule has 0 spiro atoms. The number of primary amides is 1. The van der Waals surface area contributed by atoms with E-state index in [2.05, 4.69) is 28.1 Å². The van der Waals surface area contributed by atoms with Crippen molar-refractivity contribution in [1.82, 2.24) is 14.2 Å². The Kier molecular flexibility index (Phi) is 9.64. The summed E-state index contributed by atoms with van der Waals surface area (Å²) in [6.45, 7) is 3.54. The largest absolute Gasteiger partial charge is 0.490 e. The summed E-state index contributed by atoms with van der Waals surface area (Å²) in [5, 5.41) is 8.11. The fraction of sp³-hybridized carbons (Fsp3) is 0.407. The van der Waals surface area contributed by atoms with Gasteiger partial charge in [0, 0.05) is 31.2 Å². The number of aliphatic carboxylic acids is 1. The third-order valence-electron chi connectivity index (χ3n) is 6.74. The molecular formula is C27H33F3N4O5S. The van der Waals surface area contributed by atoms with Gasteiger partial charge in [-0.05, 0) is 80.2 Å². The van der Waals surface area contributed by atoms with Gasteiger partial charge in [-0.1, -0.05) is 18.2 Å². The standard InChI is InChI=1S/C25H32N4O3S.C2HF3O2/c1-4-33(31,32)29-10-8-18(9-11-29)23-15-27-24-21(23)13-20(14-22(24)25(26)30)19-7-5-6-17(12-19)16-28(2)3;3-2(4,5)1(6)7/h5-7,12-15,18,27H,4,8-11,16H2,1-3H3,(H2,26,30);(H,6,7). The first-order chi connectivity index (χ1) is 18.6. The number of nitrogens with one attached hydrogen (secondary N) is 1. The lowest BCUT2D eigenvalue weighted by atomic mass is 9.88. The van der Waals surface area contributed by atoms with E-state index in [1.165, 1.54) is 5.56 Å². The minimum Gasteiger partial charge on any atom is -0.475 e. The highest BCUT2D eigenvalue weighted by atomic mass is 32.2. The maximum Gasteiger partial charge on any atom is 0.490 e. The highest BCUT2D eigenvalue weighted by Crippen LogP contribution is 2.37. The number of piperidine rings is 1. The van der Waals surface area contributed by atoms with E-state index in [1.54, 1.807) is 11.2 Å². The first-order valence-electron chi connectivity index (χ1n) is 12.6. The minimum absolute atomic E-state index is 0.128. The molecule has 1 aromatic heterocycles. The number of H-pyrrole nitrogens is 1. The molecule has 4 N–H and O–H groups in total. The van der Waals surface area contributed by atoms with E-state index in [0.29, 0.717) is 18.7 Å². The molecule has 1 fully saturated rings. The van der Waals surface area contributed by atoms with Crippen molar-refractivity contribution in [3.05, 3.63) is 59.3 Å². The van der Waals surface area contributed by atoms with Gasteiger partial charge in [0.25, 0.3) is 5.91 Å². The lowest BCUT2D eigenvalue weighted by Crippen LogP contribution is -2.38. The number of carbonyl (C=O) groups is 2. The Morgan fingerprint density at radius 3 is 2.27 bits per heavy atom. The van der Waals surface area contributed by atoms with E-state index in [1.807, 2.05) is 38.5 Å². The Morgan fingerprint density at radius 2 is 1.75 bits per heavy atom. The second kappa shape index (κ2) is 12.4. The Bertz CT molecular complexity index is 1480. The number of amides is 1. The van der Waals surface area contributed by atoms with Gasteiger partial charge in [-0.25, -0.2) is 17.5 Å². The number of hydrogen-bond donors (Lipinski definition) is 3. The number of aromatic nitrogens is 1. The number of alkyl halides is 3. The van der Waals surface area contributed by atoms with E-state index in [0.717, 1.165) is 47.0 Å². The van der Waals surface area contributed by atoms with Crippen LogP contribution in [0.5, 0.6) is 0 Å². The van der Waals surface area contributed by atoms with Gasteiger partial charge in [0.05, 0.1) is 16.8 Å². The van der Waals surface area contributed by atoms with Crippen LogP contribution in [0.3, 0.4) is 0 Å². The molecule has 0 radical (unpaired) electrons. The average molecular weight is 583 g/mol. The van der Waals surface area contributed by atoms with E-state index in [4.69, 9.17) is 15.6 Å². The SMILES string of the molecule is CCS(=O)(=O)N1CCC(c2c[nH]c3c(C(N)=O)cc(-c4cccc(CN(C)C)c4)cc23)CC1.O=C(O)C(F)(F)F. The quantitative estimate of drug-likeness (QED) is 0.383. The summed E-state index contributed by atoms with van der Waals surface area (Å²) in [6, 6.07) is 12.3. The summed E-state index contributed by atoms with van der Waals surface area (Å²) in [5.74, 6) is -2.88. The molecule has 1 saturated heterocycles. The van der Waals surface area contributed by atoms with Crippen molar-refractivity contribution in [3.8, 4) is 11.1 Å². The van der Waals surface area contributed by atoms with E-state index in [-0.39, 0.29) is 11.7 Å². The van der Waals surface area contributed by atoms with Gasteiger partial charge in [-0.2, -0.15) is 13.2 Å². The summed E-state index contributed by atoms with van der Waals surface area (Å²) >= 11 is 0. The maximum absolute atomic E-state index is 12.3. The molecule has 2 aromatic carbocycles. The van der Waals surface area contributed by atoms with Gasteiger partial charge in [0.2, 0.25) is 10.0 Å². The topological polar surface area (TPSA) is 137 Å². The van der Waals surface area contributed by atoms with Gasteiger partial charge in [-0.3, -0.25) is 4.79 Å². The summed E-state index contributed by atoms with van der Waals surface area (Å²) < 4.78 is 57.8. The van der Waals surface area contributed by atoms with Crippen LogP contribution in [0, 0.1) is 0 Å². The molecule has 0 atom stereocenters. The number of rotatable bonds is 7. The Labute approximate surface area is 230 Å². The first kappa shape index (κ1) is 31.1. The number of benzene rings is 2. The fourth-order valence-corrected chi connectivity index (χ4v) is 5.93. The van der Waals surface area contributed by atoms with E-state index in [9.17, 15) is 26.4 Å². The van der Waals surface area contributed by atoms with Crippen LogP contribution in [0.15, 0.2) is 42.6 Å². The van der Waals surface area contributed by atoms with Crippen molar-refractivity contribution in [2.45, 2.75) is 38.4 Å². The third kappa shape index (κ3) is 7.40. The Balaban J connectivity index is 0.000000559. The molecular weight excluding hydrogens is 549 g/mol. The molecule has 1 aliphatic heterocycles. The summed E-state index contributed by atoms with van der Waals surface area (Å²) in [7, 11) is 0.901. The van der Waals surface area contributed by atoms with Crippen LogP contribution in [0.2, 0.25) is 0 Å². The lowest BCUT2D eigenvalue weighted by Gasteiger charge is -2.31. The lowest BCUT2D eigenvalue weighted by molar-refractivity contribution is -0.192. The first-order valence-corrected chi connectivity index (χ1v) is 14.2. The molecule has 0 bridgehead atoms.